The Labute approximate surface area is 96.1 Å². The van der Waals surface area contributed by atoms with E-state index in [2.05, 4.69) is 5.32 Å². The minimum absolute atomic E-state index is 0.0567. The van der Waals surface area contributed by atoms with E-state index in [9.17, 15) is 9.59 Å². The Hall–Kier alpha value is -1.10. The van der Waals surface area contributed by atoms with E-state index in [1.54, 1.807) is 6.92 Å². The number of hydrogen-bond donors (Lipinski definition) is 1. The molecule has 0 bridgehead atoms. The fraction of sp³-hybridized carbons (Fsp3) is 0.818. The summed E-state index contributed by atoms with van der Waals surface area (Å²) >= 11 is 0. The number of carbonyl (C=O) groups is 2. The van der Waals surface area contributed by atoms with E-state index in [-0.39, 0.29) is 17.9 Å². The molecule has 0 aromatic rings. The Morgan fingerprint density at radius 1 is 1.50 bits per heavy atom. The van der Waals surface area contributed by atoms with Gasteiger partial charge in [0.05, 0.1) is 6.61 Å². The zero-order chi connectivity index (χ0) is 12.0. The lowest BCUT2D eigenvalue weighted by Gasteiger charge is -2.27. The highest BCUT2D eigenvalue weighted by Crippen LogP contribution is 2.09. The molecule has 1 rings (SSSR count). The highest BCUT2D eigenvalue weighted by molar-refractivity contribution is 5.77. The summed E-state index contributed by atoms with van der Waals surface area (Å²) in [4.78, 5) is 24.9. The number of amides is 1. The number of rotatable bonds is 4. The molecule has 0 saturated carbocycles. The van der Waals surface area contributed by atoms with E-state index in [0.717, 1.165) is 0 Å². The van der Waals surface area contributed by atoms with E-state index >= 15 is 0 Å². The largest absolute Gasteiger partial charge is 0.465 e. The van der Waals surface area contributed by atoms with Gasteiger partial charge in [-0.3, -0.25) is 14.5 Å². The van der Waals surface area contributed by atoms with Gasteiger partial charge in [-0.25, -0.2) is 0 Å². The SMILES string of the molecule is CCOC(=O)C(CC)N1CCNC(=O)CC1. The van der Waals surface area contributed by atoms with Crippen LogP contribution in [0.4, 0.5) is 0 Å². The topological polar surface area (TPSA) is 58.6 Å². The van der Waals surface area contributed by atoms with Crippen molar-refractivity contribution in [3.63, 3.8) is 0 Å². The van der Waals surface area contributed by atoms with Crippen LogP contribution >= 0.6 is 0 Å². The monoisotopic (exact) mass is 228 g/mol. The zero-order valence-electron chi connectivity index (χ0n) is 9.99. The van der Waals surface area contributed by atoms with Gasteiger partial charge in [-0.05, 0) is 13.3 Å². The van der Waals surface area contributed by atoms with Crippen molar-refractivity contribution in [2.24, 2.45) is 0 Å². The Kier molecular flexibility index (Phi) is 5.25. The van der Waals surface area contributed by atoms with Crippen LogP contribution < -0.4 is 5.32 Å². The number of esters is 1. The van der Waals surface area contributed by atoms with Crippen molar-refractivity contribution in [1.29, 1.82) is 0 Å². The van der Waals surface area contributed by atoms with Gasteiger partial charge in [-0.2, -0.15) is 0 Å². The van der Waals surface area contributed by atoms with Crippen molar-refractivity contribution < 1.29 is 14.3 Å². The molecule has 1 amide bonds. The normalized spacial score (nSPS) is 19.8. The smallest absolute Gasteiger partial charge is 0.323 e. The maximum atomic E-state index is 11.7. The second-order valence-corrected chi connectivity index (χ2v) is 3.81. The number of hydrogen-bond acceptors (Lipinski definition) is 4. The second-order valence-electron chi connectivity index (χ2n) is 3.81. The van der Waals surface area contributed by atoms with Crippen molar-refractivity contribution >= 4 is 11.9 Å². The third-order valence-corrected chi connectivity index (χ3v) is 2.73. The molecular formula is C11H20N2O3. The van der Waals surface area contributed by atoms with Crippen LogP contribution in [0.3, 0.4) is 0 Å². The Bertz CT molecular complexity index is 256. The standard InChI is InChI=1S/C11H20N2O3/c1-3-9(11(15)16-4-2)13-7-5-10(14)12-6-8-13/h9H,3-8H2,1-2H3,(H,12,14). The summed E-state index contributed by atoms with van der Waals surface area (Å²) in [5, 5.41) is 2.79. The minimum atomic E-state index is -0.215. The van der Waals surface area contributed by atoms with Crippen molar-refractivity contribution in [1.82, 2.24) is 10.2 Å². The lowest BCUT2D eigenvalue weighted by molar-refractivity contribution is -0.149. The lowest BCUT2D eigenvalue weighted by Crippen LogP contribution is -2.43. The van der Waals surface area contributed by atoms with Crippen LogP contribution in [0.25, 0.3) is 0 Å². The summed E-state index contributed by atoms with van der Waals surface area (Å²) < 4.78 is 5.03. The van der Waals surface area contributed by atoms with Crippen LogP contribution in [0.2, 0.25) is 0 Å². The fourth-order valence-electron chi connectivity index (χ4n) is 1.91. The molecule has 16 heavy (non-hydrogen) atoms. The zero-order valence-corrected chi connectivity index (χ0v) is 9.99. The van der Waals surface area contributed by atoms with Crippen molar-refractivity contribution in [2.75, 3.05) is 26.2 Å². The minimum Gasteiger partial charge on any atom is -0.465 e. The summed E-state index contributed by atoms with van der Waals surface area (Å²) in [7, 11) is 0. The van der Waals surface area contributed by atoms with Crippen molar-refractivity contribution in [3.05, 3.63) is 0 Å². The molecule has 0 aliphatic carbocycles. The van der Waals surface area contributed by atoms with Crippen molar-refractivity contribution in [2.45, 2.75) is 32.7 Å². The maximum absolute atomic E-state index is 11.7. The molecule has 1 unspecified atom stereocenters. The highest BCUT2D eigenvalue weighted by atomic mass is 16.5. The first-order chi connectivity index (χ1) is 7.69. The van der Waals surface area contributed by atoms with Gasteiger partial charge in [-0.1, -0.05) is 6.92 Å². The van der Waals surface area contributed by atoms with Crippen LogP contribution in [-0.2, 0) is 14.3 Å². The molecule has 92 valence electrons. The summed E-state index contributed by atoms with van der Waals surface area (Å²) in [6.07, 6.45) is 1.17. The lowest BCUT2D eigenvalue weighted by atomic mass is 10.2. The molecule has 0 aromatic carbocycles. The predicted molar refractivity (Wildman–Crippen MR) is 59.9 cm³/mol. The molecule has 1 fully saturated rings. The van der Waals surface area contributed by atoms with Crippen LogP contribution in [0.15, 0.2) is 0 Å². The molecule has 1 aliphatic rings. The predicted octanol–water partition coefficient (Wildman–Crippen LogP) is 0.150. The van der Waals surface area contributed by atoms with Gasteiger partial charge in [0.1, 0.15) is 6.04 Å². The van der Waals surface area contributed by atoms with Crippen LogP contribution in [0.5, 0.6) is 0 Å². The molecule has 0 radical (unpaired) electrons. The number of carbonyl (C=O) groups excluding carboxylic acids is 2. The molecule has 1 aliphatic heterocycles. The second kappa shape index (κ2) is 6.48. The molecule has 0 aromatic heterocycles. The Balaban J connectivity index is 2.57. The third-order valence-electron chi connectivity index (χ3n) is 2.73. The van der Waals surface area contributed by atoms with Crippen LogP contribution in [0.1, 0.15) is 26.7 Å². The average Bonchev–Trinajstić information content (AvgIpc) is 2.46. The van der Waals surface area contributed by atoms with Gasteiger partial charge in [0.25, 0.3) is 0 Å². The van der Waals surface area contributed by atoms with E-state index in [4.69, 9.17) is 4.74 Å². The molecule has 1 saturated heterocycles. The van der Waals surface area contributed by atoms with E-state index in [0.29, 0.717) is 39.1 Å². The van der Waals surface area contributed by atoms with Gasteiger partial charge in [-0.15, -0.1) is 0 Å². The van der Waals surface area contributed by atoms with Crippen molar-refractivity contribution in [3.8, 4) is 0 Å². The maximum Gasteiger partial charge on any atom is 0.323 e. The highest BCUT2D eigenvalue weighted by Gasteiger charge is 2.26. The van der Waals surface area contributed by atoms with Gasteiger partial charge < -0.3 is 10.1 Å². The molecular weight excluding hydrogens is 208 g/mol. The van der Waals surface area contributed by atoms with Gasteiger partial charge in [0, 0.05) is 26.1 Å². The van der Waals surface area contributed by atoms with E-state index in [1.807, 2.05) is 11.8 Å². The third kappa shape index (κ3) is 3.48. The summed E-state index contributed by atoms with van der Waals surface area (Å²) in [6, 6.07) is -0.215. The van der Waals surface area contributed by atoms with Crippen LogP contribution in [-0.4, -0.2) is 49.1 Å². The van der Waals surface area contributed by atoms with E-state index in [1.165, 1.54) is 0 Å². The first kappa shape index (κ1) is 13.0. The Morgan fingerprint density at radius 3 is 2.88 bits per heavy atom. The number of nitrogens with zero attached hydrogens (tertiary/aromatic N) is 1. The average molecular weight is 228 g/mol. The first-order valence-corrected chi connectivity index (χ1v) is 5.86. The molecule has 5 heteroatoms. The fourth-order valence-corrected chi connectivity index (χ4v) is 1.91. The first-order valence-electron chi connectivity index (χ1n) is 5.86. The van der Waals surface area contributed by atoms with Crippen LogP contribution in [0, 0.1) is 0 Å². The molecule has 5 nitrogen and oxygen atoms in total. The van der Waals surface area contributed by atoms with Gasteiger partial charge in [0.2, 0.25) is 5.91 Å². The molecule has 1 heterocycles. The number of ether oxygens (including phenoxy) is 1. The Morgan fingerprint density at radius 2 is 2.25 bits per heavy atom. The van der Waals surface area contributed by atoms with Gasteiger partial charge in [0.15, 0.2) is 0 Å². The van der Waals surface area contributed by atoms with E-state index < -0.39 is 0 Å². The number of nitrogens with one attached hydrogen (secondary N) is 1. The summed E-state index contributed by atoms with van der Waals surface area (Å²) in [6.45, 7) is 6.11. The summed E-state index contributed by atoms with van der Waals surface area (Å²) in [5.41, 5.74) is 0. The molecule has 0 spiro atoms. The van der Waals surface area contributed by atoms with Gasteiger partial charge >= 0.3 is 5.97 Å². The molecule has 1 atom stereocenters. The molecule has 1 N–H and O–H groups in total. The summed E-state index contributed by atoms with van der Waals surface area (Å²) in [5.74, 6) is -0.124. The quantitative estimate of drug-likeness (QED) is 0.696.